The van der Waals surface area contributed by atoms with E-state index in [4.69, 9.17) is 11.6 Å². The summed E-state index contributed by atoms with van der Waals surface area (Å²) < 4.78 is 14.0. The highest BCUT2D eigenvalue weighted by Gasteiger charge is 2.28. The Bertz CT molecular complexity index is 968. The SMILES string of the molecule is Cc1nc(C(=O)N2CCN(C(=O)c3ccc(Cl)cc3F)CC2)c(=O)[nH]c1C. The summed E-state index contributed by atoms with van der Waals surface area (Å²) in [5.74, 6) is -1.63. The molecule has 0 saturated carbocycles. The van der Waals surface area contributed by atoms with Gasteiger partial charge in [-0.2, -0.15) is 0 Å². The monoisotopic (exact) mass is 392 g/mol. The third-order valence-electron chi connectivity index (χ3n) is 4.56. The lowest BCUT2D eigenvalue weighted by Crippen LogP contribution is -2.51. The van der Waals surface area contributed by atoms with Crippen molar-refractivity contribution in [3.8, 4) is 0 Å². The van der Waals surface area contributed by atoms with Gasteiger partial charge in [-0.05, 0) is 32.0 Å². The van der Waals surface area contributed by atoms with Crippen molar-refractivity contribution in [2.75, 3.05) is 26.2 Å². The summed E-state index contributed by atoms with van der Waals surface area (Å²) in [7, 11) is 0. The minimum absolute atomic E-state index is 0.0635. The Kier molecular flexibility index (Phi) is 5.27. The molecule has 27 heavy (non-hydrogen) atoms. The largest absolute Gasteiger partial charge is 0.335 e. The van der Waals surface area contributed by atoms with Gasteiger partial charge in [0, 0.05) is 36.9 Å². The highest BCUT2D eigenvalue weighted by atomic mass is 35.5. The van der Waals surface area contributed by atoms with Crippen molar-refractivity contribution in [3.63, 3.8) is 0 Å². The Morgan fingerprint density at radius 1 is 1.11 bits per heavy atom. The van der Waals surface area contributed by atoms with Crippen molar-refractivity contribution in [1.29, 1.82) is 0 Å². The molecule has 2 aromatic rings. The number of carbonyl (C=O) groups excluding carboxylic acids is 2. The highest BCUT2D eigenvalue weighted by Crippen LogP contribution is 2.17. The summed E-state index contributed by atoms with van der Waals surface area (Å²) in [6, 6.07) is 3.89. The Morgan fingerprint density at radius 3 is 2.30 bits per heavy atom. The van der Waals surface area contributed by atoms with Crippen LogP contribution in [-0.2, 0) is 0 Å². The minimum Gasteiger partial charge on any atom is -0.335 e. The number of aryl methyl sites for hydroxylation is 2. The number of carbonyl (C=O) groups is 2. The predicted molar refractivity (Wildman–Crippen MR) is 97.5 cm³/mol. The van der Waals surface area contributed by atoms with Gasteiger partial charge in [-0.1, -0.05) is 11.6 Å². The lowest BCUT2D eigenvalue weighted by Gasteiger charge is -2.34. The molecule has 0 atom stereocenters. The molecule has 0 spiro atoms. The summed E-state index contributed by atoms with van der Waals surface area (Å²) in [5.41, 5.74) is 0.417. The Labute approximate surface area is 159 Å². The van der Waals surface area contributed by atoms with Crippen LogP contribution in [-0.4, -0.2) is 57.8 Å². The molecule has 1 N–H and O–H groups in total. The molecule has 9 heteroatoms. The van der Waals surface area contributed by atoms with E-state index in [0.717, 1.165) is 6.07 Å². The number of piperazine rings is 1. The standard InChI is InChI=1S/C18H18ClFN4O3/c1-10-11(2)22-16(25)15(21-10)18(27)24-7-5-23(6-8-24)17(26)13-4-3-12(19)9-14(13)20/h3-4,9H,5-8H2,1-2H3,(H,22,25). The van der Waals surface area contributed by atoms with Gasteiger partial charge in [0.25, 0.3) is 17.4 Å². The molecule has 0 bridgehead atoms. The number of rotatable bonds is 2. The molecule has 1 saturated heterocycles. The number of aromatic nitrogens is 2. The van der Waals surface area contributed by atoms with E-state index in [-0.39, 0.29) is 42.5 Å². The lowest BCUT2D eigenvalue weighted by molar-refractivity contribution is 0.0528. The second-order valence-corrected chi connectivity index (χ2v) is 6.77. The number of aromatic amines is 1. The van der Waals surface area contributed by atoms with Crippen molar-refractivity contribution in [2.24, 2.45) is 0 Å². The van der Waals surface area contributed by atoms with Crippen LogP contribution in [0.1, 0.15) is 32.2 Å². The van der Waals surface area contributed by atoms with Crippen LogP contribution in [0.25, 0.3) is 0 Å². The molecule has 1 aromatic carbocycles. The zero-order valence-electron chi connectivity index (χ0n) is 14.9. The number of hydrogen-bond acceptors (Lipinski definition) is 4. The van der Waals surface area contributed by atoms with E-state index in [2.05, 4.69) is 9.97 Å². The first-order valence-electron chi connectivity index (χ1n) is 8.39. The Balaban J connectivity index is 1.70. The predicted octanol–water partition coefficient (Wildman–Crippen LogP) is 1.78. The number of H-pyrrole nitrogens is 1. The molecule has 1 fully saturated rings. The molecule has 7 nitrogen and oxygen atoms in total. The van der Waals surface area contributed by atoms with Crippen LogP contribution in [0, 0.1) is 19.7 Å². The van der Waals surface area contributed by atoms with Gasteiger partial charge in [0.2, 0.25) is 0 Å². The quantitative estimate of drug-likeness (QED) is 0.844. The fourth-order valence-electron chi connectivity index (χ4n) is 2.86. The first-order chi connectivity index (χ1) is 12.8. The number of benzene rings is 1. The van der Waals surface area contributed by atoms with E-state index in [1.807, 2.05) is 0 Å². The van der Waals surface area contributed by atoms with Crippen molar-refractivity contribution in [2.45, 2.75) is 13.8 Å². The Morgan fingerprint density at radius 2 is 1.70 bits per heavy atom. The zero-order valence-corrected chi connectivity index (χ0v) is 15.6. The molecule has 1 aliphatic heterocycles. The van der Waals surface area contributed by atoms with Crippen molar-refractivity contribution in [1.82, 2.24) is 19.8 Å². The van der Waals surface area contributed by atoms with Crippen LogP contribution in [0.3, 0.4) is 0 Å². The summed E-state index contributed by atoms with van der Waals surface area (Å²) in [4.78, 5) is 46.7. The van der Waals surface area contributed by atoms with E-state index in [0.29, 0.717) is 11.4 Å². The van der Waals surface area contributed by atoms with E-state index in [1.54, 1.807) is 13.8 Å². The molecule has 3 rings (SSSR count). The second kappa shape index (κ2) is 7.48. The van der Waals surface area contributed by atoms with Gasteiger partial charge in [-0.25, -0.2) is 9.37 Å². The van der Waals surface area contributed by atoms with Gasteiger partial charge >= 0.3 is 0 Å². The smallest absolute Gasteiger partial charge is 0.279 e. The van der Waals surface area contributed by atoms with Gasteiger partial charge in [0.05, 0.1) is 11.3 Å². The fourth-order valence-corrected chi connectivity index (χ4v) is 3.02. The molecule has 2 amide bonds. The van der Waals surface area contributed by atoms with Crippen LogP contribution in [0.4, 0.5) is 4.39 Å². The van der Waals surface area contributed by atoms with Gasteiger partial charge in [-0.15, -0.1) is 0 Å². The van der Waals surface area contributed by atoms with Gasteiger partial charge in [0.1, 0.15) is 5.82 Å². The second-order valence-electron chi connectivity index (χ2n) is 6.33. The normalized spacial score (nSPS) is 14.4. The van der Waals surface area contributed by atoms with Crippen LogP contribution in [0.5, 0.6) is 0 Å². The number of nitrogens with one attached hydrogen (secondary N) is 1. The van der Waals surface area contributed by atoms with Gasteiger partial charge in [-0.3, -0.25) is 14.4 Å². The molecule has 1 aliphatic rings. The highest BCUT2D eigenvalue weighted by molar-refractivity contribution is 6.30. The lowest BCUT2D eigenvalue weighted by atomic mass is 10.1. The first-order valence-corrected chi connectivity index (χ1v) is 8.77. The average Bonchev–Trinajstić information content (AvgIpc) is 2.64. The van der Waals surface area contributed by atoms with Crippen LogP contribution in [0.2, 0.25) is 5.02 Å². The Hall–Kier alpha value is -2.74. The molecular weight excluding hydrogens is 375 g/mol. The number of hydrogen-bond donors (Lipinski definition) is 1. The van der Waals surface area contributed by atoms with Crippen molar-refractivity contribution < 1.29 is 14.0 Å². The van der Waals surface area contributed by atoms with E-state index < -0.39 is 23.2 Å². The maximum atomic E-state index is 14.0. The summed E-state index contributed by atoms with van der Waals surface area (Å²) >= 11 is 5.71. The molecule has 0 radical (unpaired) electrons. The van der Waals surface area contributed by atoms with Gasteiger partial charge in [0.15, 0.2) is 5.69 Å². The maximum absolute atomic E-state index is 14.0. The van der Waals surface area contributed by atoms with Crippen LogP contribution >= 0.6 is 11.6 Å². The number of nitrogens with zero attached hydrogens (tertiary/aromatic N) is 3. The van der Waals surface area contributed by atoms with Crippen molar-refractivity contribution in [3.05, 3.63) is 62.0 Å². The summed E-state index contributed by atoms with van der Waals surface area (Å²) in [6.45, 7) is 4.34. The zero-order chi connectivity index (χ0) is 19.7. The fraction of sp³-hybridized carbons (Fsp3) is 0.333. The van der Waals surface area contributed by atoms with Crippen molar-refractivity contribution >= 4 is 23.4 Å². The third kappa shape index (κ3) is 3.85. The molecule has 1 aromatic heterocycles. The van der Waals surface area contributed by atoms with Crippen LogP contribution in [0.15, 0.2) is 23.0 Å². The molecule has 0 aliphatic carbocycles. The van der Waals surface area contributed by atoms with Gasteiger partial charge < -0.3 is 14.8 Å². The van der Waals surface area contributed by atoms with E-state index in [9.17, 15) is 18.8 Å². The number of halogens is 2. The van der Waals surface area contributed by atoms with E-state index >= 15 is 0 Å². The molecule has 0 unspecified atom stereocenters. The maximum Gasteiger partial charge on any atom is 0.279 e. The molecule has 2 heterocycles. The minimum atomic E-state index is -0.683. The first kappa shape index (κ1) is 19.0. The topological polar surface area (TPSA) is 86.4 Å². The summed E-state index contributed by atoms with van der Waals surface area (Å²) in [5, 5.41) is 0.213. The molecular formula is C18H18ClFN4O3. The van der Waals surface area contributed by atoms with E-state index in [1.165, 1.54) is 21.9 Å². The molecule has 142 valence electrons. The summed E-state index contributed by atoms with van der Waals surface area (Å²) in [6.07, 6.45) is 0. The third-order valence-corrected chi connectivity index (χ3v) is 4.79. The average molecular weight is 393 g/mol. The van der Waals surface area contributed by atoms with Crippen LogP contribution < -0.4 is 5.56 Å². The number of amides is 2.